The second-order valence-corrected chi connectivity index (χ2v) is 0. The minimum absolute atomic E-state index is 0. The molecule has 0 fully saturated rings. The van der Waals surface area contributed by atoms with Gasteiger partial charge in [0.25, 0.3) is 0 Å². The second-order valence-electron chi connectivity index (χ2n) is 0. The van der Waals surface area contributed by atoms with Crippen molar-refractivity contribution < 1.29 is 0 Å². The van der Waals surface area contributed by atoms with Gasteiger partial charge < -0.3 is 0 Å². The van der Waals surface area contributed by atoms with Gasteiger partial charge in [-0.15, -0.1) is 0 Å². The molecule has 0 aromatic carbocycles. The van der Waals surface area contributed by atoms with E-state index in [2.05, 4.69) is 0 Å². The average molecular weight is 186 g/mol. The van der Waals surface area contributed by atoms with Crippen LogP contribution in [0.1, 0.15) is 0 Å². The van der Waals surface area contributed by atoms with Crippen molar-refractivity contribution in [2.75, 3.05) is 0 Å². The molecule has 0 rings (SSSR count). The molecule has 0 atom stereocenters. The predicted octanol–water partition coefficient (Wildman–Crippen LogP) is -4.81. The third-order valence-electron chi connectivity index (χ3n) is 0. The van der Waals surface area contributed by atoms with Crippen LogP contribution in [-0.2, 0) is 0 Å². The molecule has 0 aliphatic carbocycles. The molecular formula is H8CaNa6. The zero-order valence-corrected chi connectivity index (χ0v) is 0. The van der Waals surface area contributed by atoms with Crippen LogP contribution in [0.5, 0.6) is 0 Å². The van der Waals surface area contributed by atoms with Gasteiger partial charge in [0.15, 0.2) is 0 Å². The maximum absolute atomic E-state index is 0. The molecule has 0 heterocycles. The van der Waals surface area contributed by atoms with Gasteiger partial charge in [-0.05, 0) is 0 Å². The van der Waals surface area contributed by atoms with E-state index in [1.165, 1.54) is 0 Å². The Bertz CT molecular complexity index is 4.14. The summed E-state index contributed by atoms with van der Waals surface area (Å²) in [6.45, 7) is 0. The van der Waals surface area contributed by atoms with E-state index in [0.29, 0.717) is 0 Å². The first-order chi connectivity index (χ1) is 0. The molecule has 0 bridgehead atoms. The van der Waals surface area contributed by atoms with Gasteiger partial charge in [-0.2, -0.15) is 0 Å². The normalized spacial score (nSPS) is 0. The van der Waals surface area contributed by atoms with Crippen molar-refractivity contribution in [2.24, 2.45) is 0 Å². The Balaban J connectivity index is 0. The van der Waals surface area contributed by atoms with Gasteiger partial charge in [-0.3, -0.25) is 0 Å². The van der Waals surface area contributed by atoms with Gasteiger partial charge in [0.2, 0.25) is 0 Å². The molecule has 0 aromatic heterocycles. The van der Waals surface area contributed by atoms with Crippen molar-refractivity contribution in [3.63, 3.8) is 0 Å². The van der Waals surface area contributed by atoms with E-state index in [1.54, 1.807) is 0 Å². The van der Waals surface area contributed by atoms with E-state index in [4.69, 9.17) is 0 Å². The van der Waals surface area contributed by atoms with Gasteiger partial charge in [0, 0.05) is 0 Å². The molecule has 0 saturated heterocycles. The minimum atomic E-state index is 0. The molecule has 0 aliphatic heterocycles. The zero-order valence-electron chi connectivity index (χ0n) is 0. The van der Waals surface area contributed by atoms with E-state index in [1.807, 2.05) is 0 Å². The average Bonchev–Trinajstić information content (AvgIpc) is 0. The molecule has 0 spiro atoms. The first kappa shape index (κ1) is 47.6. The van der Waals surface area contributed by atoms with E-state index >= 15 is 0 Å². The van der Waals surface area contributed by atoms with Crippen LogP contribution in [0.2, 0.25) is 0 Å². The van der Waals surface area contributed by atoms with Gasteiger partial charge in [0.05, 0.1) is 0 Å². The van der Waals surface area contributed by atoms with Crippen molar-refractivity contribution >= 4 is 215 Å². The Morgan fingerprint density at radius 3 is 0.286 bits per heavy atom. The fourth-order valence-corrected chi connectivity index (χ4v) is 0. The van der Waals surface area contributed by atoms with Crippen LogP contribution >= 0.6 is 0 Å². The molecule has 0 N–H and O–H groups in total. The van der Waals surface area contributed by atoms with E-state index in [0.717, 1.165) is 0 Å². The van der Waals surface area contributed by atoms with Gasteiger partial charge in [-0.25, -0.2) is 0 Å². The molecule has 0 aromatic rings. The Morgan fingerprint density at radius 1 is 0.286 bits per heavy atom. The molecule has 7 heteroatoms. The van der Waals surface area contributed by atoms with Crippen LogP contribution in [0, 0.1) is 0 Å². The monoisotopic (exact) mass is 186 g/mol. The number of rotatable bonds is 0. The zero-order chi connectivity index (χ0) is 0. The topological polar surface area (TPSA) is 0 Å². The van der Waals surface area contributed by atoms with Crippen molar-refractivity contribution in [2.45, 2.75) is 0 Å². The third-order valence-corrected chi connectivity index (χ3v) is 0. The van der Waals surface area contributed by atoms with Gasteiger partial charge in [-0.1, -0.05) is 0 Å². The van der Waals surface area contributed by atoms with Crippen LogP contribution in [0.4, 0.5) is 0 Å². The van der Waals surface area contributed by atoms with Crippen molar-refractivity contribution in [1.29, 1.82) is 0 Å². The molecule has 0 amide bonds. The molecule has 0 aliphatic rings. The van der Waals surface area contributed by atoms with Crippen LogP contribution in [0.3, 0.4) is 0 Å². The van der Waals surface area contributed by atoms with Crippen LogP contribution in [-0.4, -0.2) is 215 Å². The number of hydrogen-bond acceptors (Lipinski definition) is 0. The Labute approximate surface area is 208 Å². The summed E-state index contributed by atoms with van der Waals surface area (Å²) in [5.41, 5.74) is 0. The molecule has 16 valence electrons. The van der Waals surface area contributed by atoms with Crippen molar-refractivity contribution in [3.8, 4) is 0 Å². The summed E-state index contributed by atoms with van der Waals surface area (Å²) in [5.74, 6) is 0. The van der Waals surface area contributed by atoms with Crippen molar-refractivity contribution in [3.05, 3.63) is 0 Å². The fraction of sp³-hybridized carbons (Fsp3) is 0. The van der Waals surface area contributed by atoms with Gasteiger partial charge in [0.1, 0.15) is 0 Å². The van der Waals surface area contributed by atoms with Crippen molar-refractivity contribution in [1.82, 2.24) is 0 Å². The molecule has 0 radical (unpaired) electrons. The summed E-state index contributed by atoms with van der Waals surface area (Å²) in [6, 6.07) is 0. The Kier molecular flexibility index (Phi) is 257. The SMILES string of the molecule is [CaH2].[NaH].[NaH].[NaH].[NaH].[NaH].[NaH]. The maximum atomic E-state index is 0. The summed E-state index contributed by atoms with van der Waals surface area (Å²) in [6.07, 6.45) is 0. The summed E-state index contributed by atoms with van der Waals surface area (Å²) in [7, 11) is 0. The standard InChI is InChI=1S/Ca.6Na.8H. The predicted molar refractivity (Wildman–Crippen MR) is 51.4 cm³/mol. The summed E-state index contributed by atoms with van der Waals surface area (Å²) in [4.78, 5) is 0. The molecule has 0 nitrogen and oxygen atoms in total. The second kappa shape index (κ2) is 37.8. The summed E-state index contributed by atoms with van der Waals surface area (Å²) < 4.78 is 0. The van der Waals surface area contributed by atoms with E-state index < -0.39 is 0 Å². The quantitative estimate of drug-likeness (QED) is 0.333. The molecule has 0 unspecified atom stereocenters. The van der Waals surface area contributed by atoms with E-state index in [-0.39, 0.29) is 215 Å². The van der Waals surface area contributed by atoms with Crippen LogP contribution in [0.15, 0.2) is 0 Å². The van der Waals surface area contributed by atoms with Crippen LogP contribution in [0.25, 0.3) is 0 Å². The first-order valence-corrected chi connectivity index (χ1v) is 0. The Morgan fingerprint density at radius 2 is 0.286 bits per heavy atom. The van der Waals surface area contributed by atoms with E-state index in [9.17, 15) is 0 Å². The molecular weight excluding hydrogens is 178 g/mol. The fourth-order valence-electron chi connectivity index (χ4n) is 0. The molecule has 7 heavy (non-hydrogen) atoms. The first-order valence-electron chi connectivity index (χ1n) is 0. The summed E-state index contributed by atoms with van der Waals surface area (Å²) in [5, 5.41) is 0. The van der Waals surface area contributed by atoms with Gasteiger partial charge >= 0.3 is 215 Å². The Hall–Kier alpha value is 7.26. The summed E-state index contributed by atoms with van der Waals surface area (Å²) >= 11 is 0. The van der Waals surface area contributed by atoms with Crippen LogP contribution < -0.4 is 0 Å². The number of hydrogen-bond donors (Lipinski definition) is 0. The third kappa shape index (κ3) is 31.9. The molecule has 0 saturated carbocycles.